The van der Waals surface area contributed by atoms with Crippen LogP contribution in [0.4, 0.5) is 8.78 Å². The number of hydrogen-bond acceptors (Lipinski definition) is 5. The normalized spacial score (nSPS) is 51.8. The number of carbonyl (C=O) groups is 2. The molecule has 418 valence electrons. The SMILES string of the molecule is CC(=O)[C@H]1CCC2C3CCC4C[C@@](O)(CF)CC[C@@H]4C3CC[C@@]21C.CC1CCCO1.CC=C1CCC2C3CCC4CC(=O)CC[C@@H]4C3CC[C@]12C.CC=C1CCC2C3CCC4C[C@@](O)(CF)CC[C@@H]4C3CC[C@]12C. The fraction of sp³-hybridized carbons (Fsp3) is 0.910. The van der Waals surface area contributed by atoms with Crippen LogP contribution >= 0.6 is 0 Å². The second-order valence-electron chi connectivity index (χ2n) is 29.5. The van der Waals surface area contributed by atoms with Gasteiger partial charge in [-0.15, -0.1) is 0 Å². The lowest BCUT2D eigenvalue weighted by Crippen LogP contribution is -2.51. The first kappa shape index (κ1) is 55.9. The summed E-state index contributed by atoms with van der Waals surface area (Å²) in [6.45, 7) is 15.7. The van der Waals surface area contributed by atoms with E-state index in [2.05, 4.69) is 53.7 Å². The first-order chi connectivity index (χ1) is 35.4. The molecular weight excluding hydrogens is 923 g/mol. The first-order valence-corrected chi connectivity index (χ1v) is 31.9. The number of fused-ring (bicyclic) bond motifs is 15. The number of carbonyl (C=O) groups excluding carboxylic acids is 2. The number of ether oxygens (including phenoxy) is 1. The third-order valence-corrected chi connectivity index (χ3v) is 26.5. The Morgan fingerprint density at radius 3 is 1.47 bits per heavy atom. The van der Waals surface area contributed by atoms with Gasteiger partial charge in [-0.05, 0) is 306 Å². The summed E-state index contributed by atoms with van der Waals surface area (Å²) in [7, 11) is 0. The van der Waals surface area contributed by atoms with Crippen LogP contribution in [0.2, 0.25) is 0 Å². The molecule has 12 saturated carbocycles. The number of ketones is 2. The summed E-state index contributed by atoms with van der Waals surface area (Å²) < 4.78 is 31.6. The standard InChI is InChI=1S/C21H33FO2.C21H33FO.C20H30O.C5H10O/c1-13(23)18-5-6-19-17-4-3-14-11-21(24,12-22)10-8-15(14)16(17)7-9-20(18,19)2;1-3-15-5-7-19-18-6-4-14-12-21(23,13-22)11-9-16(14)17(18)8-10-20(15,19)2;1-3-14-5-9-19-18-7-4-13-12-15(21)6-8-16(13)17(18)10-11-20(14,19)2;1-5-3-2-4-6-5/h14-19,24H,3-12H2,1-2H3;3,14,16-19,23H,4-13H2,1-2H3;3,13,16-19H,4-12H2,1-2H3;5H,2-4H2,1H3/t14?,15-,16?,17?,18+,19?,20+,21+;14?,16-,17?,18?,19?,20+,21+;13?,16-,17?,18?,19?,20+;/m000./s1. The number of allylic oxidation sites excluding steroid dienone is 4. The molecule has 0 amide bonds. The average molecular weight is 1030 g/mol. The van der Waals surface area contributed by atoms with Crippen LogP contribution in [-0.2, 0) is 14.3 Å². The minimum Gasteiger partial charge on any atom is -0.387 e. The van der Waals surface area contributed by atoms with Gasteiger partial charge in [0.15, 0.2) is 0 Å². The smallest absolute Gasteiger partial charge is 0.133 e. The highest BCUT2D eigenvalue weighted by Crippen LogP contribution is 2.67. The van der Waals surface area contributed by atoms with Gasteiger partial charge in [0.1, 0.15) is 24.9 Å². The summed E-state index contributed by atoms with van der Waals surface area (Å²) in [5.41, 5.74) is 2.66. The van der Waals surface area contributed by atoms with Gasteiger partial charge in [0.25, 0.3) is 0 Å². The Balaban J connectivity index is 0.000000120. The summed E-state index contributed by atoms with van der Waals surface area (Å²) in [6.07, 6.45) is 39.2. The molecule has 2 N–H and O–H groups in total. The monoisotopic (exact) mass is 1030 g/mol. The van der Waals surface area contributed by atoms with Gasteiger partial charge in [-0.3, -0.25) is 9.59 Å². The highest BCUT2D eigenvalue weighted by Gasteiger charge is 2.60. The minimum atomic E-state index is -1.04. The Bertz CT molecular complexity index is 2040. The number of hydrogen-bond donors (Lipinski definition) is 2. The van der Waals surface area contributed by atoms with Crippen molar-refractivity contribution in [1.29, 1.82) is 0 Å². The van der Waals surface area contributed by atoms with E-state index in [9.17, 15) is 28.6 Å². The Morgan fingerprint density at radius 1 is 0.554 bits per heavy atom. The highest BCUT2D eigenvalue weighted by molar-refractivity contribution is 5.80. The molecule has 13 aliphatic rings. The third-order valence-electron chi connectivity index (χ3n) is 26.5. The fourth-order valence-electron chi connectivity index (χ4n) is 22.9. The van der Waals surface area contributed by atoms with Crippen molar-refractivity contribution in [3.63, 3.8) is 0 Å². The van der Waals surface area contributed by atoms with Crippen LogP contribution in [0.5, 0.6) is 0 Å². The van der Waals surface area contributed by atoms with Gasteiger partial charge < -0.3 is 14.9 Å². The Labute approximate surface area is 449 Å². The van der Waals surface area contributed by atoms with Crippen molar-refractivity contribution in [3.05, 3.63) is 23.3 Å². The zero-order valence-corrected chi connectivity index (χ0v) is 48.0. The van der Waals surface area contributed by atoms with Crippen LogP contribution in [0, 0.1) is 111 Å². The number of rotatable bonds is 3. The van der Waals surface area contributed by atoms with E-state index in [1.807, 2.05) is 0 Å². The third kappa shape index (κ3) is 10.2. The van der Waals surface area contributed by atoms with Gasteiger partial charge in [-0.2, -0.15) is 0 Å². The fourth-order valence-corrected chi connectivity index (χ4v) is 22.9. The Hall–Kier alpha value is -1.44. The van der Waals surface area contributed by atoms with Gasteiger partial charge in [-0.1, -0.05) is 44.1 Å². The molecule has 22 atom stereocenters. The Kier molecular flexibility index (Phi) is 16.8. The van der Waals surface area contributed by atoms with Crippen molar-refractivity contribution in [1.82, 2.24) is 0 Å². The van der Waals surface area contributed by atoms with Crippen LogP contribution in [0.1, 0.15) is 235 Å². The van der Waals surface area contributed by atoms with Crippen molar-refractivity contribution < 1.29 is 33.3 Å². The number of alkyl halides is 2. The molecule has 0 aromatic heterocycles. The topological polar surface area (TPSA) is 83.8 Å². The van der Waals surface area contributed by atoms with E-state index < -0.39 is 24.6 Å². The second-order valence-corrected chi connectivity index (χ2v) is 29.5. The van der Waals surface area contributed by atoms with Crippen LogP contribution in [-0.4, -0.2) is 59.0 Å². The van der Waals surface area contributed by atoms with E-state index in [0.717, 1.165) is 117 Å². The summed E-state index contributed by atoms with van der Waals surface area (Å²) in [5, 5.41) is 20.8. The predicted molar refractivity (Wildman–Crippen MR) is 295 cm³/mol. The quantitative estimate of drug-likeness (QED) is 0.275. The maximum atomic E-state index is 13.2. The van der Waals surface area contributed by atoms with Gasteiger partial charge in [0.05, 0.1) is 17.3 Å². The molecule has 0 spiro atoms. The molecule has 1 saturated heterocycles. The van der Waals surface area contributed by atoms with Gasteiger partial charge >= 0.3 is 0 Å². The van der Waals surface area contributed by atoms with E-state index >= 15 is 0 Å². The largest absolute Gasteiger partial charge is 0.387 e. The molecule has 1 heterocycles. The van der Waals surface area contributed by atoms with E-state index in [4.69, 9.17) is 4.74 Å². The maximum absolute atomic E-state index is 13.2. The first-order valence-electron chi connectivity index (χ1n) is 31.9. The van der Waals surface area contributed by atoms with Crippen molar-refractivity contribution in [2.75, 3.05) is 20.0 Å². The molecule has 13 unspecified atom stereocenters. The lowest BCUT2D eigenvalue weighted by Gasteiger charge is -2.56. The molecule has 7 heteroatoms. The molecule has 0 aromatic rings. The molecule has 0 bridgehead atoms. The molecule has 74 heavy (non-hydrogen) atoms. The summed E-state index contributed by atoms with van der Waals surface area (Å²) in [6, 6.07) is 0. The van der Waals surface area contributed by atoms with Crippen molar-refractivity contribution in [2.45, 2.75) is 252 Å². The highest BCUT2D eigenvalue weighted by atomic mass is 19.1. The molecule has 13 fully saturated rings. The predicted octanol–water partition coefficient (Wildman–Crippen LogP) is 16.2. The zero-order chi connectivity index (χ0) is 52.4. The summed E-state index contributed by atoms with van der Waals surface area (Å²) in [4.78, 5) is 23.9. The molecule has 0 aromatic carbocycles. The van der Waals surface area contributed by atoms with Crippen molar-refractivity contribution >= 4 is 11.6 Å². The number of Topliss-reactive ketones (excluding diaryl/α,β-unsaturated/α-hetero) is 2. The molecule has 0 radical (unpaired) electrons. The lowest BCUT2D eigenvalue weighted by molar-refractivity contribution is -0.131. The van der Waals surface area contributed by atoms with Gasteiger partial charge in [0, 0.05) is 25.4 Å². The van der Waals surface area contributed by atoms with Crippen LogP contribution in [0.15, 0.2) is 23.3 Å². The summed E-state index contributed by atoms with van der Waals surface area (Å²) in [5.74, 6) is 13.2. The molecule has 1 aliphatic heterocycles. The van der Waals surface area contributed by atoms with E-state index in [0.29, 0.717) is 71.4 Å². The van der Waals surface area contributed by atoms with Crippen LogP contribution < -0.4 is 0 Å². The molecule has 5 nitrogen and oxygen atoms in total. The van der Waals surface area contributed by atoms with Gasteiger partial charge in [-0.25, -0.2) is 8.78 Å². The minimum absolute atomic E-state index is 0.230. The summed E-state index contributed by atoms with van der Waals surface area (Å²) >= 11 is 0. The average Bonchev–Trinajstić information content (AvgIpc) is 4.19. The molecule has 12 aliphatic carbocycles. The lowest BCUT2D eigenvalue weighted by atomic mass is 9.49. The number of aliphatic hydroxyl groups is 2. The van der Waals surface area contributed by atoms with E-state index in [1.165, 1.54) is 122 Å². The second kappa shape index (κ2) is 22.2. The molecule has 13 rings (SSSR count). The Morgan fingerprint density at radius 2 is 1.03 bits per heavy atom. The van der Waals surface area contributed by atoms with E-state index in [-0.39, 0.29) is 11.3 Å². The van der Waals surface area contributed by atoms with Crippen LogP contribution in [0.25, 0.3) is 0 Å². The van der Waals surface area contributed by atoms with E-state index in [1.54, 1.807) is 18.1 Å². The van der Waals surface area contributed by atoms with Gasteiger partial charge in [0.2, 0.25) is 0 Å². The van der Waals surface area contributed by atoms with Crippen molar-refractivity contribution in [3.8, 4) is 0 Å². The van der Waals surface area contributed by atoms with Crippen molar-refractivity contribution in [2.24, 2.45) is 111 Å². The van der Waals surface area contributed by atoms with Crippen LogP contribution in [0.3, 0.4) is 0 Å². The zero-order valence-electron chi connectivity index (χ0n) is 48.0. The maximum Gasteiger partial charge on any atom is 0.133 e. The molecular formula is C67H106F2O5. The number of halogens is 2.